The molecule has 2 aliphatic rings. The Bertz CT molecular complexity index is 677. The van der Waals surface area contributed by atoms with Gasteiger partial charge in [0.15, 0.2) is 17.3 Å². The molecule has 0 aliphatic carbocycles. The molecule has 122 valence electrons. The van der Waals surface area contributed by atoms with Crippen molar-refractivity contribution in [1.82, 2.24) is 15.0 Å². The van der Waals surface area contributed by atoms with E-state index in [2.05, 4.69) is 22.1 Å². The van der Waals surface area contributed by atoms with Gasteiger partial charge in [0.1, 0.15) is 0 Å². The lowest BCUT2D eigenvalue weighted by Gasteiger charge is -2.27. The molecule has 0 unspecified atom stereocenters. The lowest BCUT2D eigenvalue weighted by Crippen LogP contribution is -2.31. The largest absolute Gasteiger partial charge is 0.454 e. The van der Waals surface area contributed by atoms with E-state index in [0.29, 0.717) is 25.0 Å². The van der Waals surface area contributed by atoms with Crippen LogP contribution in [0.25, 0.3) is 0 Å². The minimum absolute atomic E-state index is 0.292. The average Bonchev–Trinajstić information content (AvgIpc) is 3.18. The molecule has 0 N–H and O–H groups in total. The molecule has 3 heterocycles. The van der Waals surface area contributed by atoms with Crippen LogP contribution in [0.4, 0.5) is 0 Å². The quantitative estimate of drug-likeness (QED) is 0.862. The van der Waals surface area contributed by atoms with Crippen molar-refractivity contribution in [2.75, 3.05) is 26.9 Å². The van der Waals surface area contributed by atoms with Crippen LogP contribution in [-0.4, -0.2) is 42.0 Å². The highest BCUT2D eigenvalue weighted by Gasteiger charge is 2.20. The van der Waals surface area contributed by atoms with Crippen molar-refractivity contribution < 1.29 is 14.0 Å². The van der Waals surface area contributed by atoms with E-state index >= 15 is 0 Å². The Hall–Kier alpha value is -2.08. The van der Waals surface area contributed by atoms with E-state index in [4.69, 9.17) is 14.0 Å². The number of likely N-dealkylation sites (tertiary alicyclic amines) is 1. The second kappa shape index (κ2) is 6.20. The van der Waals surface area contributed by atoms with Crippen molar-refractivity contribution in [2.24, 2.45) is 5.92 Å². The molecule has 0 radical (unpaired) electrons. The zero-order valence-electron chi connectivity index (χ0n) is 13.3. The normalized spacial score (nSPS) is 18.5. The molecule has 2 aliphatic heterocycles. The van der Waals surface area contributed by atoms with E-state index in [1.807, 2.05) is 18.2 Å². The predicted molar refractivity (Wildman–Crippen MR) is 83.6 cm³/mol. The van der Waals surface area contributed by atoms with E-state index in [-0.39, 0.29) is 0 Å². The van der Waals surface area contributed by atoms with Gasteiger partial charge in [-0.3, -0.25) is 0 Å². The number of hydrogen-bond donors (Lipinski definition) is 0. The summed E-state index contributed by atoms with van der Waals surface area (Å²) < 4.78 is 16.1. The molecule has 0 spiro atoms. The molecule has 0 atom stereocenters. The van der Waals surface area contributed by atoms with Gasteiger partial charge in [-0.15, -0.1) is 0 Å². The molecule has 1 fully saturated rings. The molecule has 6 heteroatoms. The number of ether oxygens (including phenoxy) is 2. The minimum Gasteiger partial charge on any atom is -0.454 e. The molecule has 23 heavy (non-hydrogen) atoms. The highest BCUT2D eigenvalue weighted by Crippen LogP contribution is 2.33. The Morgan fingerprint density at radius 3 is 2.87 bits per heavy atom. The first kappa shape index (κ1) is 14.5. The van der Waals surface area contributed by atoms with Crippen molar-refractivity contribution in [2.45, 2.75) is 25.7 Å². The van der Waals surface area contributed by atoms with Crippen LogP contribution in [0.5, 0.6) is 11.5 Å². The van der Waals surface area contributed by atoms with Gasteiger partial charge in [0, 0.05) is 6.42 Å². The third-order valence-corrected chi connectivity index (χ3v) is 4.61. The lowest BCUT2D eigenvalue weighted by atomic mass is 9.94. The summed E-state index contributed by atoms with van der Waals surface area (Å²) in [7, 11) is 2.17. The summed E-state index contributed by atoms with van der Waals surface area (Å²) in [5.74, 6) is 3.74. The molecular weight excluding hydrogens is 294 g/mol. The number of fused-ring (bicyclic) bond motifs is 1. The van der Waals surface area contributed by atoms with Gasteiger partial charge in [-0.2, -0.15) is 4.98 Å². The highest BCUT2D eigenvalue weighted by atomic mass is 16.7. The van der Waals surface area contributed by atoms with Gasteiger partial charge < -0.3 is 18.9 Å². The third kappa shape index (κ3) is 3.32. The van der Waals surface area contributed by atoms with Crippen LogP contribution >= 0.6 is 0 Å². The van der Waals surface area contributed by atoms with Crippen molar-refractivity contribution in [3.63, 3.8) is 0 Å². The zero-order chi connectivity index (χ0) is 15.6. The number of aromatic nitrogens is 2. The number of piperidine rings is 1. The van der Waals surface area contributed by atoms with Gasteiger partial charge in [-0.05, 0) is 56.6 Å². The molecule has 0 bridgehead atoms. The molecule has 0 saturated carbocycles. The molecule has 1 aromatic heterocycles. The van der Waals surface area contributed by atoms with Crippen LogP contribution in [0.15, 0.2) is 22.7 Å². The van der Waals surface area contributed by atoms with Gasteiger partial charge in [0.05, 0.1) is 6.42 Å². The molecule has 0 amide bonds. The second-order valence-corrected chi connectivity index (χ2v) is 6.42. The predicted octanol–water partition coefficient (Wildman–Crippen LogP) is 2.27. The van der Waals surface area contributed by atoms with Crippen LogP contribution < -0.4 is 9.47 Å². The Balaban J connectivity index is 1.38. The fraction of sp³-hybridized carbons (Fsp3) is 0.529. The van der Waals surface area contributed by atoms with Gasteiger partial charge in [-0.1, -0.05) is 11.2 Å². The van der Waals surface area contributed by atoms with Gasteiger partial charge in [0.2, 0.25) is 12.7 Å². The fourth-order valence-electron chi connectivity index (χ4n) is 3.19. The zero-order valence-corrected chi connectivity index (χ0v) is 13.3. The Morgan fingerprint density at radius 2 is 2.00 bits per heavy atom. The molecule has 1 saturated heterocycles. The van der Waals surface area contributed by atoms with Crippen LogP contribution in [0.2, 0.25) is 0 Å². The van der Waals surface area contributed by atoms with Crippen LogP contribution in [0.3, 0.4) is 0 Å². The smallest absolute Gasteiger partial charge is 0.231 e. The first-order valence-corrected chi connectivity index (χ1v) is 8.15. The first-order valence-electron chi connectivity index (χ1n) is 8.15. The van der Waals surface area contributed by atoms with Crippen molar-refractivity contribution in [3.8, 4) is 11.5 Å². The van der Waals surface area contributed by atoms with E-state index in [9.17, 15) is 0 Å². The van der Waals surface area contributed by atoms with E-state index in [1.165, 1.54) is 12.8 Å². The van der Waals surface area contributed by atoms with Crippen LogP contribution in [0.1, 0.15) is 30.1 Å². The van der Waals surface area contributed by atoms with Crippen molar-refractivity contribution >= 4 is 0 Å². The van der Waals surface area contributed by atoms with E-state index in [0.717, 1.165) is 42.4 Å². The second-order valence-electron chi connectivity index (χ2n) is 6.42. The average molecular weight is 315 g/mol. The Kier molecular flexibility index (Phi) is 3.91. The molecular formula is C17H21N3O3. The van der Waals surface area contributed by atoms with Crippen LogP contribution in [0, 0.1) is 5.92 Å². The summed E-state index contributed by atoms with van der Waals surface area (Å²) in [5, 5.41) is 4.14. The maximum absolute atomic E-state index is 5.41. The minimum atomic E-state index is 0.292. The van der Waals surface area contributed by atoms with E-state index in [1.54, 1.807) is 0 Å². The number of benzene rings is 1. The first-order chi connectivity index (χ1) is 11.3. The topological polar surface area (TPSA) is 60.6 Å². The molecule has 1 aromatic carbocycles. The maximum atomic E-state index is 5.41. The van der Waals surface area contributed by atoms with Crippen LogP contribution in [-0.2, 0) is 12.8 Å². The summed E-state index contributed by atoms with van der Waals surface area (Å²) in [5.41, 5.74) is 1.09. The summed E-state index contributed by atoms with van der Waals surface area (Å²) in [6.45, 7) is 2.61. The lowest BCUT2D eigenvalue weighted by molar-refractivity contribution is 0.174. The SMILES string of the molecule is CN1CCC(Cc2noc(Cc3ccc4c(c3)OCO4)n2)CC1. The Morgan fingerprint density at radius 1 is 1.17 bits per heavy atom. The molecule has 4 rings (SSSR count). The van der Waals surface area contributed by atoms with Gasteiger partial charge in [-0.25, -0.2) is 0 Å². The van der Waals surface area contributed by atoms with Gasteiger partial charge in [0.25, 0.3) is 0 Å². The standard InChI is InChI=1S/C17H21N3O3/c1-20-6-4-12(5-7-20)9-16-18-17(23-19-16)10-13-2-3-14-15(8-13)22-11-21-14/h2-3,8,12H,4-7,9-11H2,1H3. The summed E-state index contributed by atoms with van der Waals surface area (Å²) in [6, 6.07) is 5.91. The summed E-state index contributed by atoms with van der Waals surface area (Å²) in [6.07, 6.45) is 3.96. The molecule has 6 nitrogen and oxygen atoms in total. The number of hydrogen-bond acceptors (Lipinski definition) is 6. The monoisotopic (exact) mass is 315 g/mol. The number of nitrogens with zero attached hydrogens (tertiary/aromatic N) is 3. The molecule has 2 aromatic rings. The van der Waals surface area contributed by atoms with Crippen molar-refractivity contribution in [3.05, 3.63) is 35.5 Å². The summed E-state index contributed by atoms with van der Waals surface area (Å²) in [4.78, 5) is 6.92. The maximum Gasteiger partial charge on any atom is 0.231 e. The van der Waals surface area contributed by atoms with E-state index < -0.39 is 0 Å². The van der Waals surface area contributed by atoms with Gasteiger partial charge >= 0.3 is 0 Å². The fourth-order valence-corrected chi connectivity index (χ4v) is 3.19. The number of rotatable bonds is 4. The van der Waals surface area contributed by atoms with Crippen molar-refractivity contribution in [1.29, 1.82) is 0 Å². The summed E-state index contributed by atoms with van der Waals surface area (Å²) >= 11 is 0. The Labute approximate surface area is 135 Å². The third-order valence-electron chi connectivity index (χ3n) is 4.61. The highest BCUT2D eigenvalue weighted by molar-refractivity contribution is 5.44.